The van der Waals surface area contributed by atoms with Crippen LogP contribution in [0.5, 0.6) is 0 Å². The largest absolute Gasteiger partial charge is 0.355 e. The lowest BCUT2D eigenvalue weighted by atomic mass is 10.1. The van der Waals surface area contributed by atoms with E-state index in [0.29, 0.717) is 36.6 Å². The van der Waals surface area contributed by atoms with Crippen molar-refractivity contribution in [3.63, 3.8) is 0 Å². The fourth-order valence-corrected chi connectivity index (χ4v) is 5.20. The minimum atomic E-state index is -3.59. The van der Waals surface area contributed by atoms with Crippen molar-refractivity contribution in [1.82, 2.24) is 10.2 Å². The molecule has 2 aromatic rings. The quantitative estimate of drug-likeness (QED) is 0.447. The lowest BCUT2D eigenvalue weighted by Crippen LogP contribution is -2.49. The first kappa shape index (κ1) is 28.7. The summed E-state index contributed by atoms with van der Waals surface area (Å²) in [4.78, 5) is 27.8. The van der Waals surface area contributed by atoms with Crippen molar-refractivity contribution in [2.24, 2.45) is 0 Å². The van der Waals surface area contributed by atoms with Gasteiger partial charge in [-0.05, 0) is 62.4 Å². The maximum absolute atomic E-state index is 13.4. The molecule has 1 N–H and O–H groups in total. The lowest BCUT2D eigenvalue weighted by molar-refractivity contribution is -0.141. The molecule has 0 spiro atoms. The Morgan fingerprint density at radius 3 is 2.34 bits per heavy atom. The number of halogens is 1. The Balaban J connectivity index is 2.25. The minimum Gasteiger partial charge on any atom is -0.355 e. The van der Waals surface area contributed by atoms with E-state index in [4.69, 9.17) is 11.6 Å². The van der Waals surface area contributed by atoms with E-state index in [2.05, 4.69) is 5.32 Å². The molecule has 0 heterocycles. The van der Waals surface area contributed by atoms with Crippen molar-refractivity contribution < 1.29 is 18.0 Å². The molecule has 7 nitrogen and oxygen atoms in total. The molecule has 1 unspecified atom stereocenters. The number of benzene rings is 2. The number of sulfonamides is 1. The zero-order valence-corrected chi connectivity index (χ0v) is 22.7. The molecule has 9 heteroatoms. The zero-order chi connectivity index (χ0) is 26.2. The maximum atomic E-state index is 13.4. The van der Waals surface area contributed by atoms with Crippen LogP contribution in [-0.2, 0) is 26.2 Å². The number of anilines is 1. The smallest absolute Gasteiger partial charge is 0.242 e. The number of nitrogens with one attached hydrogen (secondary N) is 1. The third kappa shape index (κ3) is 7.97. The third-order valence-corrected chi connectivity index (χ3v) is 7.35. The second-order valence-electron chi connectivity index (χ2n) is 8.64. The summed E-state index contributed by atoms with van der Waals surface area (Å²) in [6.45, 7) is 8.43. The molecule has 0 aliphatic carbocycles. The predicted octanol–water partition coefficient (Wildman–Crippen LogP) is 4.45. The molecule has 35 heavy (non-hydrogen) atoms. The van der Waals surface area contributed by atoms with Crippen LogP contribution in [0, 0.1) is 13.8 Å². The topological polar surface area (TPSA) is 86.8 Å². The number of hydrogen-bond donors (Lipinski definition) is 1. The summed E-state index contributed by atoms with van der Waals surface area (Å²) in [5, 5.41) is 3.26. The summed E-state index contributed by atoms with van der Waals surface area (Å²) >= 11 is 6.11. The SMILES string of the molecule is CCNC(=O)C(CC)N(Cc1ccccc1C)C(=O)CCCN(c1cc(Cl)ccc1C)S(C)(=O)=O. The average Bonchev–Trinajstić information content (AvgIpc) is 2.79. The second-order valence-corrected chi connectivity index (χ2v) is 11.0. The number of amides is 2. The zero-order valence-electron chi connectivity index (χ0n) is 21.2. The van der Waals surface area contributed by atoms with E-state index in [0.717, 1.165) is 22.9 Å². The van der Waals surface area contributed by atoms with Crippen LogP contribution in [0.2, 0.25) is 5.02 Å². The van der Waals surface area contributed by atoms with Crippen LogP contribution in [0.3, 0.4) is 0 Å². The first-order valence-electron chi connectivity index (χ1n) is 11.8. The minimum absolute atomic E-state index is 0.105. The molecule has 0 fully saturated rings. The van der Waals surface area contributed by atoms with Gasteiger partial charge in [0.25, 0.3) is 0 Å². The Hall–Kier alpha value is -2.58. The molecule has 0 aliphatic heterocycles. The normalized spacial score (nSPS) is 12.2. The Morgan fingerprint density at radius 1 is 1.06 bits per heavy atom. The van der Waals surface area contributed by atoms with Crippen LogP contribution in [0.15, 0.2) is 42.5 Å². The third-order valence-electron chi connectivity index (χ3n) is 5.93. The van der Waals surface area contributed by atoms with E-state index < -0.39 is 16.1 Å². The van der Waals surface area contributed by atoms with Gasteiger partial charge in [-0.25, -0.2) is 8.42 Å². The highest BCUT2D eigenvalue weighted by molar-refractivity contribution is 7.92. The van der Waals surface area contributed by atoms with E-state index in [1.54, 1.807) is 23.1 Å². The van der Waals surface area contributed by atoms with Gasteiger partial charge in [0.05, 0.1) is 11.9 Å². The van der Waals surface area contributed by atoms with Gasteiger partial charge in [-0.3, -0.25) is 13.9 Å². The van der Waals surface area contributed by atoms with Gasteiger partial charge in [0.15, 0.2) is 0 Å². The highest BCUT2D eigenvalue weighted by Gasteiger charge is 2.29. The van der Waals surface area contributed by atoms with Crippen molar-refractivity contribution in [2.75, 3.05) is 23.7 Å². The molecule has 0 radical (unpaired) electrons. The predicted molar refractivity (Wildman–Crippen MR) is 142 cm³/mol. The van der Waals surface area contributed by atoms with Gasteiger partial charge >= 0.3 is 0 Å². The molecular formula is C26H36ClN3O4S. The van der Waals surface area contributed by atoms with Crippen LogP contribution in [0.4, 0.5) is 5.69 Å². The van der Waals surface area contributed by atoms with Crippen molar-refractivity contribution in [2.45, 2.75) is 59.5 Å². The van der Waals surface area contributed by atoms with Crippen molar-refractivity contribution in [1.29, 1.82) is 0 Å². The molecule has 0 saturated carbocycles. The molecule has 0 aliphatic rings. The highest BCUT2D eigenvalue weighted by atomic mass is 35.5. The number of rotatable bonds is 12. The summed E-state index contributed by atoms with van der Waals surface area (Å²) in [6, 6.07) is 12.3. The van der Waals surface area contributed by atoms with Gasteiger partial charge in [0, 0.05) is 31.1 Å². The highest BCUT2D eigenvalue weighted by Crippen LogP contribution is 2.27. The van der Waals surface area contributed by atoms with E-state index in [9.17, 15) is 18.0 Å². The summed E-state index contributed by atoms with van der Waals surface area (Å²) in [7, 11) is -3.59. The van der Waals surface area contributed by atoms with Gasteiger partial charge in [0.2, 0.25) is 21.8 Å². The number of carbonyl (C=O) groups is 2. The molecule has 0 bridgehead atoms. The van der Waals surface area contributed by atoms with Crippen LogP contribution in [0.1, 0.15) is 49.8 Å². The van der Waals surface area contributed by atoms with Crippen LogP contribution < -0.4 is 9.62 Å². The van der Waals surface area contributed by atoms with Crippen molar-refractivity contribution in [3.05, 3.63) is 64.2 Å². The van der Waals surface area contributed by atoms with E-state index in [1.165, 1.54) is 4.31 Å². The van der Waals surface area contributed by atoms with Crippen LogP contribution in [0.25, 0.3) is 0 Å². The Bertz CT molecular complexity index is 1140. The molecule has 2 aromatic carbocycles. The van der Waals surface area contributed by atoms with Crippen molar-refractivity contribution in [3.8, 4) is 0 Å². The van der Waals surface area contributed by atoms with Gasteiger partial charge in [-0.1, -0.05) is 48.9 Å². The Labute approximate surface area is 214 Å². The standard InChI is InChI=1S/C26H36ClN3O4S/c1-6-23(26(32)28-7-2)29(18-21-12-9-8-11-19(21)3)25(31)13-10-16-30(35(5,33)34)24-17-22(27)15-14-20(24)4/h8-9,11-12,14-15,17,23H,6-7,10,13,16,18H2,1-5H3,(H,28,32). The summed E-state index contributed by atoms with van der Waals surface area (Å²) in [6.07, 6.45) is 2.02. The average molecular weight is 522 g/mol. The molecule has 1 atom stereocenters. The van der Waals surface area contributed by atoms with Gasteiger partial charge < -0.3 is 10.2 Å². The summed E-state index contributed by atoms with van der Waals surface area (Å²) < 4.78 is 26.4. The molecular weight excluding hydrogens is 486 g/mol. The monoisotopic (exact) mass is 521 g/mol. The number of nitrogens with zero attached hydrogens (tertiary/aromatic N) is 2. The maximum Gasteiger partial charge on any atom is 0.242 e. The van der Waals surface area contributed by atoms with Crippen LogP contribution >= 0.6 is 11.6 Å². The first-order chi connectivity index (χ1) is 16.5. The van der Waals surface area contributed by atoms with Crippen LogP contribution in [-0.4, -0.2) is 50.5 Å². The fourth-order valence-electron chi connectivity index (χ4n) is 4.02. The molecule has 0 aromatic heterocycles. The van der Waals surface area contributed by atoms with E-state index in [-0.39, 0.29) is 24.8 Å². The van der Waals surface area contributed by atoms with Gasteiger partial charge in [0.1, 0.15) is 6.04 Å². The number of likely N-dealkylation sites (N-methyl/N-ethyl adjacent to an activating group) is 1. The van der Waals surface area contributed by atoms with E-state index in [1.807, 2.05) is 52.0 Å². The Kier molecular flexibility index (Phi) is 10.6. The number of aryl methyl sites for hydroxylation is 2. The summed E-state index contributed by atoms with van der Waals surface area (Å²) in [5.74, 6) is -0.383. The lowest BCUT2D eigenvalue weighted by Gasteiger charge is -2.31. The number of hydrogen-bond acceptors (Lipinski definition) is 4. The fraction of sp³-hybridized carbons (Fsp3) is 0.462. The van der Waals surface area contributed by atoms with Gasteiger partial charge in [-0.2, -0.15) is 0 Å². The van der Waals surface area contributed by atoms with Crippen molar-refractivity contribution >= 4 is 39.1 Å². The Morgan fingerprint density at radius 2 is 1.74 bits per heavy atom. The van der Waals surface area contributed by atoms with E-state index >= 15 is 0 Å². The second kappa shape index (κ2) is 12.9. The molecule has 2 amide bonds. The van der Waals surface area contributed by atoms with Gasteiger partial charge in [-0.15, -0.1) is 0 Å². The summed E-state index contributed by atoms with van der Waals surface area (Å²) in [5.41, 5.74) is 3.28. The first-order valence-corrected chi connectivity index (χ1v) is 14.1. The molecule has 192 valence electrons. The molecule has 0 saturated heterocycles. The number of carbonyl (C=O) groups excluding carboxylic acids is 2. The molecule has 2 rings (SSSR count).